The summed E-state index contributed by atoms with van der Waals surface area (Å²) < 4.78 is 22.7. The van der Waals surface area contributed by atoms with Gasteiger partial charge in [-0.15, -0.1) is 0 Å². The second kappa shape index (κ2) is 6.93. The number of hydrogen-bond acceptors (Lipinski definition) is 3. The number of carbonyl (C=O) groups is 1. The van der Waals surface area contributed by atoms with E-state index in [4.69, 9.17) is 9.47 Å². The fourth-order valence-corrected chi connectivity index (χ4v) is 1.48. The molecule has 1 unspecified atom stereocenters. The molecule has 0 aliphatic heterocycles. The number of halogens is 1. The maximum Gasteiger partial charge on any atom is 0.319 e. The zero-order valence-corrected chi connectivity index (χ0v) is 10.6. The number of ether oxygens (including phenoxy) is 2. The number of hydrogen-bond donors (Lipinski definition) is 2. The molecule has 1 rings (SSSR count). The van der Waals surface area contributed by atoms with Crippen LogP contribution in [0.3, 0.4) is 0 Å². The number of amides is 2. The number of anilines is 1. The van der Waals surface area contributed by atoms with Gasteiger partial charge in [-0.3, -0.25) is 0 Å². The first-order valence-electron chi connectivity index (χ1n) is 5.45. The van der Waals surface area contributed by atoms with Crippen molar-refractivity contribution < 1.29 is 18.7 Å². The molecule has 0 aliphatic carbocycles. The van der Waals surface area contributed by atoms with Crippen LogP contribution < -0.4 is 10.6 Å². The number of nitrogens with one attached hydrogen (secondary N) is 2. The molecule has 1 aromatic rings. The van der Waals surface area contributed by atoms with E-state index in [0.717, 1.165) is 0 Å². The van der Waals surface area contributed by atoms with Crippen molar-refractivity contribution in [3.05, 3.63) is 30.1 Å². The molecule has 1 aromatic carbocycles. The van der Waals surface area contributed by atoms with E-state index >= 15 is 0 Å². The Balaban J connectivity index is 2.48. The van der Waals surface area contributed by atoms with E-state index in [-0.39, 0.29) is 11.9 Å². The van der Waals surface area contributed by atoms with Gasteiger partial charge in [0.1, 0.15) is 5.82 Å². The number of methoxy groups -OCH3 is 2. The molecule has 0 aromatic heterocycles. The number of urea groups is 1. The molecule has 100 valence electrons. The molecule has 6 heteroatoms. The first-order chi connectivity index (χ1) is 8.56. The second-order valence-electron chi connectivity index (χ2n) is 3.73. The predicted octanol–water partition coefficient (Wildman–Crippen LogP) is 1.95. The summed E-state index contributed by atoms with van der Waals surface area (Å²) in [6.07, 6.45) is -0.524. The highest BCUT2D eigenvalue weighted by atomic mass is 19.1. The lowest BCUT2D eigenvalue weighted by atomic mass is 10.3. The highest BCUT2D eigenvalue weighted by Gasteiger charge is 2.17. The van der Waals surface area contributed by atoms with Gasteiger partial charge in [0.15, 0.2) is 6.29 Å². The van der Waals surface area contributed by atoms with Crippen molar-refractivity contribution in [3.8, 4) is 0 Å². The molecule has 0 spiro atoms. The van der Waals surface area contributed by atoms with Crippen LogP contribution in [0, 0.1) is 5.82 Å². The Bertz CT molecular complexity index is 379. The Kier molecular flexibility index (Phi) is 5.54. The van der Waals surface area contributed by atoms with E-state index in [2.05, 4.69) is 10.6 Å². The minimum absolute atomic E-state index is 0.319. The third-order valence-electron chi connectivity index (χ3n) is 2.33. The van der Waals surface area contributed by atoms with Crippen LogP contribution in [0.4, 0.5) is 14.9 Å². The summed E-state index contributed by atoms with van der Waals surface area (Å²) in [4.78, 5) is 11.6. The molecular weight excluding hydrogens is 239 g/mol. The summed E-state index contributed by atoms with van der Waals surface area (Å²) in [5.74, 6) is -0.354. The SMILES string of the molecule is COC(OC)C(C)NC(=O)Nc1ccc(F)cc1. The topological polar surface area (TPSA) is 59.6 Å². The van der Waals surface area contributed by atoms with Crippen molar-refractivity contribution in [3.63, 3.8) is 0 Å². The fraction of sp³-hybridized carbons (Fsp3) is 0.417. The molecule has 2 N–H and O–H groups in total. The minimum Gasteiger partial charge on any atom is -0.354 e. The van der Waals surface area contributed by atoms with E-state index in [1.807, 2.05) is 0 Å². The minimum atomic E-state index is -0.524. The number of rotatable bonds is 5. The Morgan fingerprint density at radius 3 is 2.28 bits per heavy atom. The quantitative estimate of drug-likeness (QED) is 0.792. The van der Waals surface area contributed by atoms with E-state index in [1.165, 1.54) is 38.5 Å². The van der Waals surface area contributed by atoms with Crippen LogP contribution in [-0.2, 0) is 9.47 Å². The molecular formula is C12H17FN2O3. The van der Waals surface area contributed by atoms with Crippen molar-refractivity contribution in [2.75, 3.05) is 19.5 Å². The molecule has 0 fully saturated rings. The average molecular weight is 256 g/mol. The lowest BCUT2D eigenvalue weighted by Crippen LogP contribution is -2.44. The van der Waals surface area contributed by atoms with Gasteiger partial charge in [-0.2, -0.15) is 0 Å². The summed E-state index contributed by atoms with van der Waals surface area (Å²) in [6.45, 7) is 1.75. The fourth-order valence-electron chi connectivity index (χ4n) is 1.48. The van der Waals surface area contributed by atoms with E-state index < -0.39 is 12.3 Å². The maximum absolute atomic E-state index is 12.7. The standard InChI is InChI=1S/C12H17FN2O3/c1-8(11(17-2)18-3)14-12(16)15-10-6-4-9(13)5-7-10/h4-8,11H,1-3H3,(H2,14,15,16). The zero-order chi connectivity index (χ0) is 13.5. The normalized spacial score (nSPS) is 12.3. The molecule has 1 atom stereocenters. The van der Waals surface area contributed by atoms with Crippen LogP contribution in [0.1, 0.15) is 6.92 Å². The van der Waals surface area contributed by atoms with Gasteiger partial charge in [-0.05, 0) is 31.2 Å². The van der Waals surface area contributed by atoms with Crippen molar-refractivity contribution in [2.24, 2.45) is 0 Å². The van der Waals surface area contributed by atoms with Gasteiger partial charge in [-0.25, -0.2) is 9.18 Å². The van der Waals surface area contributed by atoms with Crippen LogP contribution in [0.15, 0.2) is 24.3 Å². The smallest absolute Gasteiger partial charge is 0.319 e. The Morgan fingerprint density at radius 1 is 1.22 bits per heavy atom. The van der Waals surface area contributed by atoms with E-state index in [9.17, 15) is 9.18 Å². The lowest BCUT2D eigenvalue weighted by molar-refractivity contribution is -0.117. The van der Waals surface area contributed by atoms with Crippen molar-refractivity contribution >= 4 is 11.7 Å². The molecule has 5 nitrogen and oxygen atoms in total. The average Bonchev–Trinajstić information content (AvgIpc) is 2.33. The van der Waals surface area contributed by atoms with Gasteiger partial charge < -0.3 is 20.1 Å². The van der Waals surface area contributed by atoms with Gasteiger partial charge in [0.2, 0.25) is 0 Å². The summed E-state index contributed by atoms with van der Waals surface area (Å²) in [7, 11) is 2.98. The molecule has 0 saturated carbocycles. The van der Waals surface area contributed by atoms with Gasteiger partial charge >= 0.3 is 6.03 Å². The van der Waals surface area contributed by atoms with Crippen LogP contribution in [-0.4, -0.2) is 32.6 Å². The van der Waals surface area contributed by atoms with Crippen LogP contribution >= 0.6 is 0 Å². The highest BCUT2D eigenvalue weighted by Crippen LogP contribution is 2.08. The molecule has 0 saturated heterocycles. The lowest BCUT2D eigenvalue weighted by Gasteiger charge is -2.22. The Labute approximate surface area is 105 Å². The zero-order valence-electron chi connectivity index (χ0n) is 10.6. The third kappa shape index (κ3) is 4.31. The maximum atomic E-state index is 12.7. The monoisotopic (exact) mass is 256 g/mol. The number of carbonyl (C=O) groups excluding carboxylic acids is 1. The first-order valence-corrected chi connectivity index (χ1v) is 5.45. The molecule has 0 aliphatic rings. The summed E-state index contributed by atoms with van der Waals surface area (Å²) in [5, 5.41) is 5.23. The number of benzene rings is 1. The van der Waals surface area contributed by atoms with E-state index in [1.54, 1.807) is 6.92 Å². The van der Waals surface area contributed by atoms with Gasteiger partial charge in [0.25, 0.3) is 0 Å². The third-order valence-corrected chi connectivity index (χ3v) is 2.33. The van der Waals surface area contributed by atoms with Crippen LogP contribution in [0.25, 0.3) is 0 Å². The summed E-state index contributed by atoms with van der Waals surface area (Å²) >= 11 is 0. The van der Waals surface area contributed by atoms with Gasteiger partial charge in [-0.1, -0.05) is 0 Å². The highest BCUT2D eigenvalue weighted by molar-refractivity contribution is 5.89. The van der Waals surface area contributed by atoms with Crippen molar-refractivity contribution in [1.29, 1.82) is 0 Å². The van der Waals surface area contributed by atoms with Crippen LogP contribution in [0.5, 0.6) is 0 Å². The molecule has 0 bridgehead atoms. The molecule has 2 amide bonds. The summed E-state index contributed by atoms with van der Waals surface area (Å²) in [5.41, 5.74) is 0.507. The largest absolute Gasteiger partial charge is 0.354 e. The van der Waals surface area contributed by atoms with Gasteiger partial charge in [0, 0.05) is 19.9 Å². The molecule has 0 heterocycles. The predicted molar refractivity (Wildman–Crippen MR) is 65.8 cm³/mol. The van der Waals surface area contributed by atoms with Crippen molar-refractivity contribution in [1.82, 2.24) is 5.32 Å². The summed E-state index contributed by atoms with van der Waals surface area (Å²) in [6, 6.07) is 4.76. The van der Waals surface area contributed by atoms with Crippen molar-refractivity contribution in [2.45, 2.75) is 19.3 Å². The second-order valence-corrected chi connectivity index (χ2v) is 3.73. The Hall–Kier alpha value is -1.66. The molecule has 0 radical (unpaired) electrons. The molecule has 18 heavy (non-hydrogen) atoms. The van der Waals surface area contributed by atoms with E-state index in [0.29, 0.717) is 5.69 Å². The Morgan fingerprint density at radius 2 is 1.78 bits per heavy atom. The van der Waals surface area contributed by atoms with Crippen LogP contribution in [0.2, 0.25) is 0 Å². The first kappa shape index (κ1) is 14.4. The van der Waals surface area contributed by atoms with Gasteiger partial charge in [0.05, 0.1) is 6.04 Å².